The number of carbonyl (C=O) groups is 1. The zero-order valence-corrected chi connectivity index (χ0v) is 16.0. The molecule has 1 atom stereocenters. The average Bonchev–Trinajstić information content (AvgIpc) is 3.17. The second-order valence-electron chi connectivity index (χ2n) is 6.54. The highest BCUT2D eigenvalue weighted by Crippen LogP contribution is 2.41. The topological polar surface area (TPSA) is 47.4 Å². The summed E-state index contributed by atoms with van der Waals surface area (Å²) in [6.45, 7) is 2.93. The lowest BCUT2D eigenvalue weighted by atomic mass is 9.99. The molecule has 0 fully saturated rings. The van der Waals surface area contributed by atoms with E-state index in [4.69, 9.17) is 16.3 Å². The van der Waals surface area contributed by atoms with Gasteiger partial charge in [-0.15, -0.1) is 0 Å². The van der Waals surface area contributed by atoms with Crippen molar-refractivity contribution in [3.63, 3.8) is 0 Å². The van der Waals surface area contributed by atoms with Crippen LogP contribution in [0.15, 0.2) is 54.6 Å². The summed E-state index contributed by atoms with van der Waals surface area (Å²) in [6.07, 6.45) is 0. The Balaban J connectivity index is 1.87. The number of ether oxygens (including phenoxy) is 1. The van der Waals surface area contributed by atoms with Crippen molar-refractivity contribution in [3.05, 3.63) is 82.1 Å². The molecule has 2 aromatic carbocycles. The molecule has 0 radical (unpaired) electrons. The average molecular weight is 382 g/mol. The lowest BCUT2D eigenvalue weighted by Crippen LogP contribution is -2.33. The van der Waals surface area contributed by atoms with Gasteiger partial charge in [0.2, 0.25) is 0 Å². The fraction of sp³-hybridized carbons (Fsp3) is 0.238. The molecular formula is C21H20ClN3O2. The minimum absolute atomic E-state index is 0.0357. The van der Waals surface area contributed by atoms with E-state index in [1.54, 1.807) is 11.8 Å². The Kier molecular flexibility index (Phi) is 4.72. The third kappa shape index (κ3) is 3.03. The monoisotopic (exact) mass is 381 g/mol. The molecule has 138 valence electrons. The predicted molar refractivity (Wildman–Crippen MR) is 105 cm³/mol. The van der Waals surface area contributed by atoms with Gasteiger partial charge >= 0.3 is 0 Å². The van der Waals surface area contributed by atoms with Gasteiger partial charge in [-0.05, 0) is 36.8 Å². The SMILES string of the molecule is COCCN1C(=O)c2c(c(C)nn2-c2ccccc2)[C@H]1c1ccc(Cl)cc1. The highest BCUT2D eigenvalue weighted by molar-refractivity contribution is 6.30. The molecule has 0 saturated carbocycles. The van der Waals surface area contributed by atoms with Crippen LogP contribution in [0.4, 0.5) is 0 Å². The van der Waals surface area contributed by atoms with E-state index in [1.165, 1.54) is 0 Å². The maximum atomic E-state index is 13.3. The number of benzene rings is 2. The zero-order valence-electron chi connectivity index (χ0n) is 15.2. The standard InChI is InChI=1S/C21H20ClN3O2/c1-14-18-19(15-8-10-16(22)11-9-15)24(12-13-27-2)21(26)20(18)25(23-14)17-6-4-3-5-7-17/h3-11,19H,12-13H2,1-2H3/t19-/m1/s1. The molecule has 0 N–H and O–H groups in total. The minimum Gasteiger partial charge on any atom is -0.383 e. The number of aryl methyl sites for hydroxylation is 1. The van der Waals surface area contributed by atoms with Gasteiger partial charge in [0, 0.05) is 24.2 Å². The Morgan fingerprint density at radius 1 is 1.11 bits per heavy atom. The van der Waals surface area contributed by atoms with Gasteiger partial charge in [0.1, 0.15) is 5.69 Å². The van der Waals surface area contributed by atoms with E-state index in [1.807, 2.05) is 66.4 Å². The van der Waals surface area contributed by atoms with Gasteiger partial charge in [0.05, 0.1) is 24.0 Å². The third-order valence-corrected chi connectivity index (χ3v) is 5.13. The molecule has 0 bridgehead atoms. The molecule has 1 aliphatic heterocycles. The normalized spacial score (nSPS) is 16.0. The van der Waals surface area contributed by atoms with Crippen molar-refractivity contribution in [2.45, 2.75) is 13.0 Å². The van der Waals surface area contributed by atoms with Crippen LogP contribution in [-0.4, -0.2) is 40.8 Å². The van der Waals surface area contributed by atoms with Crippen LogP contribution >= 0.6 is 11.6 Å². The number of fused-ring (bicyclic) bond motifs is 1. The summed E-state index contributed by atoms with van der Waals surface area (Å²) in [5.41, 5.74) is 4.30. The number of methoxy groups -OCH3 is 1. The smallest absolute Gasteiger partial charge is 0.273 e. The summed E-state index contributed by atoms with van der Waals surface area (Å²) >= 11 is 6.07. The summed E-state index contributed by atoms with van der Waals surface area (Å²) in [5, 5.41) is 5.34. The Labute approximate surface area is 163 Å². The fourth-order valence-corrected chi connectivity index (χ4v) is 3.78. The van der Waals surface area contributed by atoms with E-state index in [0.717, 1.165) is 22.5 Å². The molecule has 6 heteroatoms. The fourth-order valence-electron chi connectivity index (χ4n) is 3.65. The van der Waals surface area contributed by atoms with Crippen LogP contribution in [0.25, 0.3) is 5.69 Å². The lowest BCUT2D eigenvalue weighted by molar-refractivity contribution is 0.0674. The second-order valence-corrected chi connectivity index (χ2v) is 6.98. The highest BCUT2D eigenvalue weighted by Gasteiger charge is 2.42. The maximum Gasteiger partial charge on any atom is 0.273 e. The number of rotatable bonds is 5. The predicted octanol–water partition coefficient (Wildman–Crippen LogP) is 4.03. The molecular weight excluding hydrogens is 362 g/mol. The first-order valence-corrected chi connectivity index (χ1v) is 9.20. The summed E-state index contributed by atoms with van der Waals surface area (Å²) in [6, 6.07) is 17.2. The van der Waals surface area contributed by atoms with Crippen molar-refractivity contribution < 1.29 is 9.53 Å². The van der Waals surface area contributed by atoms with Gasteiger partial charge in [0.15, 0.2) is 0 Å². The number of amides is 1. The number of para-hydroxylation sites is 1. The lowest BCUT2D eigenvalue weighted by Gasteiger charge is -2.26. The molecule has 0 unspecified atom stereocenters. The molecule has 2 heterocycles. The number of aromatic nitrogens is 2. The Morgan fingerprint density at radius 2 is 1.81 bits per heavy atom. The molecule has 5 nitrogen and oxygen atoms in total. The van der Waals surface area contributed by atoms with Gasteiger partial charge in [-0.3, -0.25) is 4.79 Å². The first-order chi connectivity index (χ1) is 13.1. The molecule has 3 aromatic rings. The van der Waals surface area contributed by atoms with Crippen LogP contribution < -0.4 is 0 Å². The number of halogens is 1. The van der Waals surface area contributed by atoms with Crippen LogP contribution in [0.1, 0.15) is 33.4 Å². The summed E-state index contributed by atoms with van der Waals surface area (Å²) in [4.78, 5) is 15.2. The Hall–Kier alpha value is -2.63. The van der Waals surface area contributed by atoms with Crippen LogP contribution in [0.3, 0.4) is 0 Å². The van der Waals surface area contributed by atoms with Crippen molar-refractivity contribution in [1.82, 2.24) is 14.7 Å². The second kappa shape index (κ2) is 7.18. The number of hydrogen-bond acceptors (Lipinski definition) is 3. The van der Waals surface area contributed by atoms with Crippen LogP contribution in [0.5, 0.6) is 0 Å². The van der Waals surface area contributed by atoms with Crippen LogP contribution in [-0.2, 0) is 4.74 Å². The van der Waals surface area contributed by atoms with Gasteiger partial charge < -0.3 is 9.64 Å². The first kappa shape index (κ1) is 17.8. The van der Waals surface area contributed by atoms with E-state index in [2.05, 4.69) is 5.10 Å². The van der Waals surface area contributed by atoms with Crippen molar-refractivity contribution in [2.75, 3.05) is 20.3 Å². The molecule has 0 spiro atoms. The quantitative estimate of drug-likeness (QED) is 0.670. The Morgan fingerprint density at radius 3 is 2.48 bits per heavy atom. The van der Waals surface area contributed by atoms with E-state index in [9.17, 15) is 4.79 Å². The minimum atomic E-state index is -0.197. The van der Waals surface area contributed by atoms with E-state index >= 15 is 0 Å². The molecule has 1 aliphatic rings. The van der Waals surface area contributed by atoms with E-state index in [-0.39, 0.29) is 11.9 Å². The van der Waals surface area contributed by atoms with Gasteiger partial charge in [-0.2, -0.15) is 5.10 Å². The van der Waals surface area contributed by atoms with Crippen LogP contribution in [0, 0.1) is 6.92 Å². The van der Waals surface area contributed by atoms with E-state index < -0.39 is 0 Å². The zero-order chi connectivity index (χ0) is 19.0. The molecule has 0 saturated heterocycles. The summed E-state index contributed by atoms with van der Waals surface area (Å²) in [7, 11) is 1.64. The largest absolute Gasteiger partial charge is 0.383 e. The van der Waals surface area contributed by atoms with Crippen molar-refractivity contribution in [1.29, 1.82) is 0 Å². The van der Waals surface area contributed by atoms with E-state index in [0.29, 0.717) is 23.9 Å². The molecule has 27 heavy (non-hydrogen) atoms. The highest BCUT2D eigenvalue weighted by atomic mass is 35.5. The third-order valence-electron chi connectivity index (χ3n) is 4.88. The molecule has 0 aliphatic carbocycles. The maximum absolute atomic E-state index is 13.3. The van der Waals surface area contributed by atoms with Crippen molar-refractivity contribution in [2.24, 2.45) is 0 Å². The van der Waals surface area contributed by atoms with Crippen LogP contribution in [0.2, 0.25) is 5.02 Å². The number of carbonyl (C=O) groups excluding carboxylic acids is 1. The molecule has 4 rings (SSSR count). The summed E-state index contributed by atoms with van der Waals surface area (Å²) in [5.74, 6) is -0.0357. The van der Waals surface area contributed by atoms with Gasteiger partial charge in [-0.25, -0.2) is 4.68 Å². The number of hydrogen-bond donors (Lipinski definition) is 0. The van der Waals surface area contributed by atoms with Gasteiger partial charge in [-0.1, -0.05) is 41.9 Å². The summed E-state index contributed by atoms with van der Waals surface area (Å²) < 4.78 is 6.99. The molecule has 1 amide bonds. The van der Waals surface area contributed by atoms with Gasteiger partial charge in [0.25, 0.3) is 5.91 Å². The van der Waals surface area contributed by atoms with Crippen molar-refractivity contribution in [3.8, 4) is 5.69 Å². The first-order valence-electron chi connectivity index (χ1n) is 8.82. The number of nitrogens with zero attached hydrogens (tertiary/aromatic N) is 3. The van der Waals surface area contributed by atoms with Crippen molar-refractivity contribution >= 4 is 17.5 Å². The Bertz CT molecular complexity index is 967. The molecule has 1 aromatic heterocycles.